The molecule has 1 N–H and O–H groups in total. The third kappa shape index (κ3) is 1.21. The summed E-state index contributed by atoms with van der Waals surface area (Å²) >= 11 is 3.40. The maximum Gasteiger partial charge on any atom is 0.326 e. The molecule has 2 rings (SSSR count). The average molecular weight is 241 g/mol. The SMILES string of the molecule is Cc1cc(Br)cc2c1[nH]c(=O)n2C. The van der Waals surface area contributed by atoms with Crippen molar-refractivity contribution in [1.29, 1.82) is 0 Å². The molecule has 0 spiro atoms. The molecule has 0 saturated carbocycles. The third-order valence-corrected chi connectivity index (χ3v) is 2.64. The third-order valence-electron chi connectivity index (χ3n) is 2.18. The number of benzene rings is 1. The zero-order valence-electron chi connectivity index (χ0n) is 7.39. The van der Waals surface area contributed by atoms with Crippen LogP contribution in [-0.4, -0.2) is 9.55 Å². The van der Waals surface area contributed by atoms with Gasteiger partial charge in [0, 0.05) is 11.5 Å². The lowest BCUT2D eigenvalue weighted by molar-refractivity contribution is 0.891. The van der Waals surface area contributed by atoms with Gasteiger partial charge in [0.05, 0.1) is 11.0 Å². The number of halogens is 1. The van der Waals surface area contributed by atoms with Crippen molar-refractivity contribution in [2.45, 2.75) is 6.92 Å². The van der Waals surface area contributed by atoms with Crippen LogP contribution in [0.3, 0.4) is 0 Å². The molecule has 0 amide bonds. The quantitative estimate of drug-likeness (QED) is 0.751. The second kappa shape index (κ2) is 2.73. The summed E-state index contributed by atoms with van der Waals surface area (Å²) in [5, 5.41) is 0. The zero-order chi connectivity index (χ0) is 9.59. The van der Waals surface area contributed by atoms with Crippen LogP contribution in [0.25, 0.3) is 11.0 Å². The molecule has 3 nitrogen and oxygen atoms in total. The van der Waals surface area contributed by atoms with Crippen LogP contribution in [0.2, 0.25) is 0 Å². The van der Waals surface area contributed by atoms with Crippen LogP contribution in [-0.2, 0) is 7.05 Å². The first-order valence-electron chi connectivity index (χ1n) is 3.94. The van der Waals surface area contributed by atoms with E-state index in [4.69, 9.17) is 0 Å². The van der Waals surface area contributed by atoms with Gasteiger partial charge in [0.2, 0.25) is 0 Å². The Morgan fingerprint density at radius 1 is 1.46 bits per heavy atom. The fourth-order valence-electron chi connectivity index (χ4n) is 1.45. The van der Waals surface area contributed by atoms with E-state index in [9.17, 15) is 4.79 Å². The Morgan fingerprint density at radius 3 is 2.85 bits per heavy atom. The number of aromatic amines is 1. The average Bonchev–Trinajstić information content (AvgIpc) is 2.32. The molecule has 0 bridgehead atoms. The molecule has 13 heavy (non-hydrogen) atoms. The first kappa shape index (κ1) is 8.56. The predicted octanol–water partition coefficient (Wildman–Crippen LogP) is 1.94. The maximum absolute atomic E-state index is 11.3. The van der Waals surface area contributed by atoms with Crippen LogP contribution in [0.1, 0.15) is 5.56 Å². The lowest BCUT2D eigenvalue weighted by Gasteiger charge is -1.98. The smallest absolute Gasteiger partial charge is 0.305 e. The molecule has 4 heteroatoms. The van der Waals surface area contributed by atoms with E-state index >= 15 is 0 Å². The molecule has 0 radical (unpaired) electrons. The minimum atomic E-state index is -0.0730. The van der Waals surface area contributed by atoms with E-state index in [1.54, 1.807) is 11.6 Å². The van der Waals surface area contributed by atoms with Gasteiger partial charge in [0.25, 0.3) is 0 Å². The summed E-state index contributed by atoms with van der Waals surface area (Å²) in [4.78, 5) is 14.1. The minimum absolute atomic E-state index is 0.0730. The van der Waals surface area contributed by atoms with E-state index in [2.05, 4.69) is 20.9 Å². The summed E-state index contributed by atoms with van der Waals surface area (Å²) in [6, 6.07) is 3.92. The molecule has 68 valence electrons. The van der Waals surface area contributed by atoms with Crippen LogP contribution in [0, 0.1) is 6.92 Å². The van der Waals surface area contributed by atoms with E-state index in [0.29, 0.717) is 0 Å². The molecule has 0 atom stereocenters. The highest BCUT2D eigenvalue weighted by Gasteiger charge is 2.05. The van der Waals surface area contributed by atoms with E-state index in [-0.39, 0.29) is 5.69 Å². The summed E-state index contributed by atoms with van der Waals surface area (Å²) in [5.74, 6) is 0. The van der Waals surface area contributed by atoms with Crippen molar-refractivity contribution < 1.29 is 0 Å². The normalized spacial score (nSPS) is 11.0. The van der Waals surface area contributed by atoms with Gasteiger partial charge in [-0.05, 0) is 24.6 Å². The van der Waals surface area contributed by atoms with Crippen molar-refractivity contribution in [1.82, 2.24) is 9.55 Å². The Bertz CT molecular complexity index is 524. The number of hydrogen-bond acceptors (Lipinski definition) is 1. The van der Waals surface area contributed by atoms with Crippen LogP contribution in [0.15, 0.2) is 21.4 Å². The summed E-state index contributed by atoms with van der Waals surface area (Å²) in [6.45, 7) is 1.98. The molecule has 0 aliphatic rings. The van der Waals surface area contributed by atoms with Crippen LogP contribution < -0.4 is 5.69 Å². The molecule has 0 saturated heterocycles. The van der Waals surface area contributed by atoms with Crippen LogP contribution >= 0.6 is 15.9 Å². The minimum Gasteiger partial charge on any atom is -0.305 e. The summed E-state index contributed by atoms with van der Waals surface area (Å²) < 4.78 is 2.60. The van der Waals surface area contributed by atoms with Gasteiger partial charge < -0.3 is 4.98 Å². The Kier molecular flexibility index (Phi) is 1.80. The van der Waals surface area contributed by atoms with Gasteiger partial charge >= 0.3 is 5.69 Å². The predicted molar refractivity (Wildman–Crippen MR) is 56.0 cm³/mol. The number of imidazole rings is 1. The first-order chi connectivity index (χ1) is 6.09. The van der Waals surface area contributed by atoms with Gasteiger partial charge in [-0.25, -0.2) is 4.79 Å². The molecule has 0 fully saturated rings. The Morgan fingerprint density at radius 2 is 2.15 bits per heavy atom. The van der Waals surface area contributed by atoms with E-state index in [1.807, 2.05) is 19.1 Å². The topological polar surface area (TPSA) is 37.8 Å². The molecule has 0 unspecified atom stereocenters. The van der Waals surface area contributed by atoms with Crippen molar-refractivity contribution in [2.24, 2.45) is 7.05 Å². The van der Waals surface area contributed by atoms with Crippen molar-refractivity contribution in [3.63, 3.8) is 0 Å². The van der Waals surface area contributed by atoms with Crippen molar-refractivity contribution in [2.75, 3.05) is 0 Å². The highest BCUT2D eigenvalue weighted by molar-refractivity contribution is 9.10. The molecular weight excluding hydrogens is 232 g/mol. The lowest BCUT2D eigenvalue weighted by atomic mass is 10.2. The van der Waals surface area contributed by atoms with Gasteiger partial charge in [0.15, 0.2) is 0 Å². The highest BCUT2D eigenvalue weighted by atomic mass is 79.9. The Balaban J connectivity index is 3.03. The number of nitrogens with one attached hydrogen (secondary N) is 1. The molecular formula is C9H9BrN2O. The second-order valence-electron chi connectivity index (χ2n) is 3.11. The van der Waals surface area contributed by atoms with E-state index in [0.717, 1.165) is 21.1 Å². The molecule has 1 heterocycles. The van der Waals surface area contributed by atoms with Crippen LogP contribution in [0.4, 0.5) is 0 Å². The van der Waals surface area contributed by atoms with Gasteiger partial charge in [-0.3, -0.25) is 4.57 Å². The number of fused-ring (bicyclic) bond motifs is 1. The summed E-state index contributed by atoms with van der Waals surface area (Å²) in [7, 11) is 1.76. The molecule has 1 aromatic carbocycles. The standard InChI is InChI=1S/C9H9BrN2O/c1-5-3-6(10)4-7-8(5)11-9(13)12(7)2/h3-4H,1-2H3,(H,11,13). The van der Waals surface area contributed by atoms with E-state index < -0.39 is 0 Å². The Hall–Kier alpha value is -1.03. The largest absolute Gasteiger partial charge is 0.326 e. The van der Waals surface area contributed by atoms with Crippen LogP contribution in [0.5, 0.6) is 0 Å². The maximum atomic E-state index is 11.3. The molecule has 1 aromatic heterocycles. The lowest BCUT2D eigenvalue weighted by Crippen LogP contribution is -2.11. The van der Waals surface area contributed by atoms with Gasteiger partial charge in [-0.15, -0.1) is 0 Å². The van der Waals surface area contributed by atoms with E-state index in [1.165, 1.54) is 0 Å². The summed E-state index contributed by atoms with van der Waals surface area (Å²) in [6.07, 6.45) is 0. The second-order valence-corrected chi connectivity index (χ2v) is 4.02. The first-order valence-corrected chi connectivity index (χ1v) is 4.74. The van der Waals surface area contributed by atoms with Gasteiger partial charge in [-0.1, -0.05) is 15.9 Å². The fraction of sp³-hybridized carbons (Fsp3) is 0.222. The summed E-state index contributed by atoms with van der Waals surface area (Å²) in [5.41, 5.74) is 2.84. The number of nitrogens with zero attached hydrogens (tertiary/aromatic N) is 1. The fourth-order valence-corrected chi connectivity index (χ4v) is 2.01. The highest BCUT2D eigenvalue weighted by Crippen LogP contribution is 2.20. The van der Waals surface area contributed by atoms with Crippen molar-refractivity contribution >= 4 is 27.0 Å². The zero-order valence-corrected chi connectivity index (χ0v) is 8.97. The number of aryl methyl sites for hydroxylation is 2. The monoisotopic (exact) mass is 240 g/mol. The molecule has 0 aliphatic carbocycles. The Labute approximate surface area is 83.5 Å². The van der Waals surface area contributed by atoms with Crippen molar-refractivity contribution in [3.8, 4) is 0 Å². The molecule has 2 aromatic rings. The van der Waals surface area contributed by atoms with Gasteiger partial charge in [0.1, 0.15) is 0 Å². The molecule has 0 aliphatic heterocycles. The number of rotatable bonds is 0. The van der Waals surface area contributed by atoms with Gasteiger partial charge in [-0.2, -0.15) is 0 Å². The number of H-pyrrole nitrogens is 1. The van der Waals surface area contributed by atoms with Crippen molar-refractivity contribution in [3.05, 3.63) is 32.7 Å². The number of hydrogen-bond donors (Lipinski definition) is 1. The number of aromatic nitrogens is 2.